The monoisotopic (exact) mass is 282 g/mol. The molecule has 1 amide bonds. The predicted octanol–water partition coefficient (Wildman–Crippen LogP) is 1.12. The molecule has 2 atom stereocenters. The van der Waals surface area contributed by atoms with E-state index in [1.54, 1.807) is 11.8 Å². The van der Waals surface area contributed by atoms with Crippen molar-refractivity contribution < 1.29 is 4.79 Å². The summed E-state index contributed by atoms with van der Waals surface area (Å²) in [7, 11) is 0. The number of amides is 1. The van der Waals surface area contributed by atoms with Crippen LogP contribution in [-0.2, 0) is 4.79 Å². The van der Waals surface area contributed by atoms with Gasteiger partial charge in [-0.3, -0.25) is 4.79 Å². The molecule has 0 aliphatic carbocycles. The first-order valence-electron chi connectivity index (χ1n) is 5.57. The highest BCUT2D eigenvalue weighted by molar-refractivity contribution is 8.07. The van der Waals surface area contributed by atoms with Crippen LogP contribution in [0.1, 0.15) is 12.8 Å². The molecular weight excluding hydrogens is 264 g/mol. The van der Waals surface area contributed by atoms with Gasteiger partial charge in [-0.2, -0.15) is 11.8 Å². The lowest BCUT2D eigenvalue weighted by Gasteiger charge is -2.27. The first kappa shape index (κ1) is 14.5. The van der Waals surface area contributed by atoms with E-state index in [2.05, 4.69) is 10.6 Å². The van der Waals surface area contributed by atoms with Gasteiger partial charge < -0.3 is 10.6 Å². The fraction of sp³-hybridized carbons (Fsp3) is 0.900. The number of nitrogens with one attached hydrogen (secondary N) is 2. The molecule has 2 N–H and O–H groups in total. The molecule has 2 rings (SSSR count). The second kappa shape index (κ2) is 7.69. The van der Waals surface area contributed by atoms with E-state index in [0.717, 1.165) is 31.0 Å². The molecule has 0 radical (unpaired) electrons. The van der Waals surface area contributed by atoms with E-state index in [9.17, 15) is 4.79 Å². The van der Waals surface area contributed by atoms with Crippen LogP contribution in [0.25, 0.3) is 0 Å². The summed E-state index contributed by atoms with van der Waals surface area (Å²) in [6.07, 6.45) is 2.31. The van der Waals surface area contributed by atoms with Gasteiger partial charge >= 0.3 is 0 Å². The van der Waals surface area contributed by atoms with Gasteiger partial charge in [0, 0.05) is 29.8 Å². The van der Waals surface area contributed by atoms with E-state index in [4.69, 9.17) is 0 Å². The van der Waals surface area contributed by atoms with Crippen molar-refractivity contribution in [2.24, 2.45) is 0 Å². The first-order valence-corrected chi connectivity index (χ1v) is 7.77. The number of carbonyl (C=O) groups excluding carboxylic acids is 1. The van der Waals surface area contributed by atoms with Crippen molar-refractivity contribution in [1.82, 2.24) is 10.6 Å². The maximum absolute atomic E-state index is 11.9. The number of halogens is 1. The normalized spacial score (nSPS) is 30.2. The molecule has 2 saturated heterocycles. The van der Waals surface area contributed by atoms with Crippen LogP contribution in [-0.4, -0.2) is 47.5 Å². The predicted molar refractivity (Wildman–Crippen MR) is 74.9 cm³/mol. The van der Waals surface area contributed by atoms with Crippen LogP contribution in [0, 0.1) is 0 Å². The number of carbonyl (C=O) groups is 1. The summed E-state index contributed by atoms with van der Waals surface area (Å²) >= 11 is 3.70. The van der Waals surface area contributed by atoms with Crippen molar-refractivity contribution in [2.45, 2.75) is 24.1 Å². The van der Waals surface area contributed by atoms with Gasteiger partial charge in [-0.15, -0.1) is 24.2 Å². The van der Waals surface area contributed by atoms with Crippen LogP contribution >= 0.6 is 35.9 Å². The van der Waals surface area contributed by atoms with Crippen molar-refractivity contribution in [2.75, 3.05) is 30.3 Å². The van der Waals surface area contributed by atoms with Gasteiger partial charge in [0.1, 0.15) is 0 Å². The molecule has 2 aliphatic heterocycles. The van der Waals surface area contributed by atoms with Crippen molar-refractivity contribution in [3.8, 4) is 0 Å². The Bertz CT molecular complexity index is 219. The maximum atomic E-state index is 11.9. The van der Waals surface area contributed by atoms with Gasteiger partial charge in [0.15, 0.2) is 0 Å². The number of thioether (sulfide) groups is 2. The van der Waals surface area contributed by atoms with Gasteiger partial charge in [0.2, 0.25) is 5.91 Å². The van der Waals surface area contributed by atoms with Crippen LogP contribution in [0.15, 0.2) is 0 Å². The smallest absolute Gasteiger partial charge is 0.234 e. The minimum Gasteiger partial charge on any atom is -0.351 e. The van der Waals surface area contributed by atoms with Crippen molar-refractivity contribution in [3.63, 3.8) is 0 Å². The standard InChI is InChI=1S/C10H18N2OS2.ClH/c13-10(9-7-14-4-5-15-9)12-8-2-1-3-11-6-8;/h8-9,11H,1-7H2,(H,12,13);1H/t8-,9?;/m0./s1. The third-order valence-electron chi connectivity index (χ3n) is 2.75. The van der Waals surface area contributed by atoms with Gasteiger partial charge in [-0.1, -0.05) is 0 Å². The summed E-state index contributed by atoms with van der Waals surface area (Å²) in [5, 5.41) is 6.66. The summed E-state index contributed by atoms with van der Waals surface area (Å²) in [6.45, 7) is 2.04. The fourth-order valence-electron chi connectivity index (χ4n) is 1.91. The minimum absolute atomic E-state index is 0. The van der Waals surface area contributed by atoms with E-state index >= 15 is 0 Å². The van der Waals surface area contributed by atoms with E-state index < -0.39 is 0 Å². The molecule has 0 saturated carbocycles. The molecule has 2 aliphatic rings. The Balaban J connectivity index is 0.00000128. The maximum Gasteiger partial charge on any atom is 0.234 e. The molecule has 0 aromatic rings. The number of rotatable bonds is 2. The van der Waals surface area contributed by atoms with Gasteiger partial charge in [-0.05, 0) is 19.4 Å². The highest BCUT2D eigenvalue weighted by Crippen LogP contribution is 2.24. The van der Waals surface area contributed by atoms with Gasteiger partial charge in [0.25, 0.3) is 0 Å². The Kier molecular flexibility index (Phi) is 6.96. The summed E-state index contributed by atoms with van der Waals surface area (Å²) < 4.78 is 0. The van der Waals surface area contributed by atoms with Crippen LogP contribution < -0.4 is 10.6 Å². The van der Waals surface area contributed by atoms with E-state index in [1.165, 1.54) is 12.2 Å². The second-order valence-electron chi connectivity index (χ2n) is 3.99. The Morgan fingerprint density at radius 1 is 1.38 bits per heavy atom. The molecule has 16 heavy (non-hydrogen) atoms. The third kappa shape index (κ3) is 4.35. The Morgan fingerprint density at radius 2 is 2.25 bits per heavy atom. The van der Waals surface area contributed by atoms with Crippen molar-refractivity contribution >= 4 is 41.8 Å². The zero-order valence-corrected chi connectivity index (χ0v) is 11.7. The van der Waals surface area contributed by atoms with Crippen molar-refractivity contribution in [1.29, 1.82) is 0 Å². The zero-order chi connectivity index (χ0) is 10.5. The molecule has 0 aromatic heterocycles. The zero-order valence-electron chi connectivity index (χ0n) is 9.24. The molecule has 2 fully saturated rings. The first-order chi connectivity index (χ1) is 7.36. The SMILES string of the molecule is Cl.O=C(N[C@H]1CCCNC1)C1CSCCS1. The van der Waals surface area contributed by atoms with E-state index in [-0.39, 0.29) is 23.6 Å². The van der Waals surface area contributed by atoms with E-state index in [1.807, 2.05) is 11.8 Å². The lowest BCUT2D eigenvalue weighted by atomic mass is 10.1. The summed E-state index contributed by atoms with van der Waals surface area (Å²) in [5.74, 6) is 3.54. The number of piperidine rings is 1. The quantitative estimate of drug-likeness (QED) is 0.797. The highest BCUT2D eigenvalue weighted by Gasteiger charge is 2.24. The topological polar surface area (TPSA) is 41.1 Å². The average molecular weight is 283 g/mol. The van der Waals surface area contributed by atoms with Crippen molar-refractivity contribution in [3.05, 3.63) is 0 Å². The number of hydrogen-bond acceptors (Lipinski definition) is 4. The Hall–Kier alpha value is 0.420. The molecule has 0 bridgehead atoms. The van der Waals surface area contributed by atoms with Crippen LogP contribution in [0.3, 0.4) is 0 Å². The number of hydrogen-bond donors (Lipinski definition) is 2. The molecule has 1 unspecified atom stereocenters. The van der Waals surface area contributed by atoms with Crippen LogP contribution in [0.5, 0.6) is 0 Å². The summed E-state index contributed by atoms with van der Waals surface area (Å²) in [4.78, 5) is 11.9. The molecule has 94 valence electrons. The average Bonchev–Trinajstić information content (AvgIpc) is 2.31. The lowest BCUT2D eigenvalue weighted by Crippen LogP contribution is -2.49. The molecule has 0 spiro atoms. The molecule has 3 nitrogen and oxygen atoms in total. The van der Waals surface area contributed by atoms with E-state index in [0.29, 0.717) is 6.04 Å². The Morgan fingerprint density at radius 3 is 2.88 bits per heavy atom. The third-order valence-corrected chi connectivity index (χ3v) is 5.51. The van der Waals surface area contributed by atoms with Gasteiger partial charge in [-0.25, -0.2) is 0 Å². The second-order valence-corrected chi connectivity index (χ2v) is 6.45. The largest absolute Gasteiger partial charge is 0.351 e. The summed E-state index contributed by atoms with van der Waals surface area (Å²) in [5.41, 5.74) is 0. The van der Waals surface area contributed by atoms with Crippen LogP contribution in [0.2, 0.25) is 0 Å². The molecule has 6 heteroatoms. The highest BCUT2D eigenvalue weighted by atomic mass is 35.5. The summed E-state index contributed by atoms with van der Waals surface area (Å²) in [6, 6.07) is 0.360. The fourth-order valence-corrected chi connectivity index (χ4v) is 4.47. The Labute approximate surface area is 112 Å². The molecule has 0 aromatic carbocycles. The minimum atomic E-state index is 0. The van der Waals surface area contributed by atoms with Gasteiger partial charge in [0.05, 0.1) is 5.25 Å². The molecule has 2 heterocycles. The van der Waals surface area contributed by atoms with Crippen LogP contribution in [0.4, 0.5) is 0 Å². The molecular formula is C10H19ClN2OS2. The lowest BCUT2D eigenvalue weighted by molar-refractivity contribution is -0.121.